The van der Waals surface area contributed by atoms with Gasteiger partial charge in [0.15, 0.2) is 5.96 Å². The normalized spacial score (nSPS) is 12.1. The zero-order valence-electron chi connectivity index (χ0n) is 15.9. The lowest BCUT2D eigenvalue weighted by Gasteiger charge is -2.18. The molecule has 2 rings (SSSR count). The lowest BCUT2D eigenvalue weighted by Crippen LogP contribution is -2.41. The Labute approximate surface area is 177 Å². The number of aliphatic imine (C=N–C) groups is 1. The number of nitrogens with zero attached hydrogens (tertiary/aromatic N) is 1. The van der Waals surface area contributed by atoms with Gasteiger partial charge in [-0.15, -0.1) is 24.0 Å². The molecule has 1 atom stereocenters. The Balaban J connectivity index is 0.00000364. The molecule has 148 valence electrons. The van der Waals surface area contributed by atoms with Gasteiger partial charge in [0.05, 0.1) is 13.2 Å². The number of hydrogen-bond donors (Lipinski definition) is 2. The number of hydrogen-bond acceptors (Lipinski definition) is 3. The minimum Gasteiger partial charge on any atom is -0.489 e. The molecule has 2 aromatic carbocycles. The van der Waals surface area contributed by atoms with Crippen LogP contribution in [-0.4, -0.2) is 32.8 Å². The molecule has 2 N–H and O–H groups in total. The molecule has 27 heavy (non-hydrogen) atoms. The highest BCUT2D eigenvalue weighted by atomic mass is 127. The molecule has 0 heterocycles. The van der Waals surface area contributed by atoms with E-state index in [1.807, 2.05) is 6.92 Å². The predicted molar refractivity (Wildman–Crippen MR) is 117 cm³/mol. The highest BCUT2D eigenvalue weighted by molar-refractivity contribution is 14.0. The number of guanidine groups is 1. The molecule has 0 saturated heterocycles. The Bertz CT molecular complexity index is 693. The molecule has 0 aliphatic carbocycles. The van der Waals surface area contributed by atoms with Gasteiger partial charge < -0.3 is 20.1 Å². The smallest absolute Gasteiger partial charge is 0.191 e. The standard InChI is InChI=1S/C20H26FN3O2.HI/c1-15(26-19-10-8-18(21)9-11-19)12-23-20(22-2)24-13-16-4-6-17(7-5-16)14-25-3;/h4-11,15H,12-14H2,1-3H3,(H2,22,23,24);1H. The zero-order chi connectivity index (χ0) is 18.8. The van der Waals surface area contributed by atoms with Gasteiger partial charge in [0.2, 0.25) is 0 Å². The third-order valence-electron chi connectivity index (χ3n) is 3.73. The van der Waals surface area contributed by atoms with Gasteiger partial charge in [0.1, 0.15) is 17.7 Å². The molecule has 0 amide bonds. The van der Waals surface area contributed by atoms with Crippen molar-refractivity contribution in [3.05, 3.63) is 65.5 Å². The van der Waals surface area contributed by atoms with Gasteiger partial charge in [-0.1, -0.05) is 24.3 Å². The Kier molecular flexibility index (Phi) is 10.7. The van der Waals surface area contributed by atoms with Gasteiger partial charge in [-0.05, 0) is 42.3 Å². The molecule has 0 saturated carbocycles. The first kappa shape index (κ1) is 23.2. The lowest BCUT2D eigenvalue weighted by molar-refractivity contribution is 0.185. The first-order chi connectivity index (χ1) is 12.6. The number of ether oxygens (including phenoxy) is 2. The van der Waals surface area contributed by atoms with Gasteiger partial charge in [0, 0.05) is 20.7 Å². The summed E-state index contributed by atoms with van der Waals surface area (Å²) in [6.07, 6.45) is -0.0904. The maximum atomic E-state index is 12.9. The van der Waals surface area contributed by atoms with Crippen molar-refractivity contribution >= 4 is 29.9 Å². The minimum absolute atomic E-state index is 0. The number of nitrogens with one attached hydrogen (secondary N) is 2. The van der Waals surface area contributed by atoms with Crippen molar-refractivity contribution in [2.75, 3.05) is 20.7 Å². The van der Waals surface area contributed by atoms with Crippen LogP contribution in [0.2, 0.25) is 0 Å². The first-order valence-corrected chi connectivity index (χ1v) is 8.54. The Morgan fingerprint density at radius 3 is 2.26 bits per heavy atom. The Morgan fingerprint density at radius 2 is 1.67 bits per heavy atom. The van der Waals surface area contributed by atoms with Crippen LogP contribution in [0.25, 0.3) is 0 Å². The summed E-state index contributed by atoms with van der Waals surface area (Å²) >= 11 is 0. The van der Waals surface area contributed by atoms with Crippen LogP contribution in [-0.2, 0) is 17.9 Å². The maximum Gasteiger partial charge on any atom is 0.191 e. The van der Waals surface area contributed by atoms with Gasteiger partial charge in [0.25, 0.3) is 0 Å². The number of rotatable bonds is 8. The third kappa shape index (κ3) is 8.57. The van der Waals surface area contributed by atoms with Crippen LogP contribution in [0.1, 0.15) is 18.1 Å². The van der Waals surface area contributed by atoms with Crippen LogP contribution >= 0.6 is 24.0 Å². The van der Waals surface area contributed by atoms with Crippen LogP contribution in [0, 0.1) is 5.82 Å². The molecule has 0 spiro atoms. The van der Waals surface area contributed by atoms with E-state index in [0.29, 0.717) is 31.4 Å². The summed E-state index contributed by atoms with van der Waals surface area (Å²) in [5.74, 6) is 1.06. The molecule has 7 heteroatoms. The van der Waals surface area contributed by atoms with Crippen molar-refractivity contribution < 1.29 is 13.9 Å². The second-order valence-corrected chi connectivity index (χ2v) is 5.94. The van der Waals surface area contributed by atoms with E-state index in [1.54, 1.807) is 26.3 Å². The third-order valence-corrected chi connectivity index (χ3v) is 3.73. The molecule has 0 aliphatic rings. The highest BCUT2D eigenvalue weighted by Gasteiger charge is 2.06. The van der Waals surface area contributed by atoms with Crippen molar-refractivity contribution in [3.8, 4) is 5.75 Å². The number of halogens is 2. The molecule has 0 fully saturated rings. The first-order valence-electron chi connectivity index (χ1n) is 8.54. The number of benzene rings is 2. The molecule has 0 aromatic heterocycles. The summed E-state index contributed by atoms with van der Waals surface area (Å²) in [6, 6.07) is 14.2. The van der Waals surface area contributed by atoms with Crippen LogP contribution in [0.3, 0.4) is 0 Å². The quantitative estimate of drug-likeness (QED) is 0.339. The van der Waals surface area contributed by atoms with E-state index < -0.39 is 0 Å². The minimum atomic E-state index is -0.275. The zero-order valence-corrected chi connectivity index (χ0v) is 18.2. The summed E-state index contributed by atoms with van der Waals surface area (Å²) in [5, 5.41) is 6.49. The second-order valence-electron chi connectivity index (χ2n) is 5.94. The average Bonchev–Trinajstić information content (AvgIpc) is 2.65. The van der Waals surface area contributed by atoms with Crippen molar-refractivity contribution in [2.24, 2.45) is 4.99 Å². The van der Waals surface area contributed by atoms with Crippen LogP contribution in [0.4, 0.5) is 4.39 Å². The Hall–Kier alpha value is -1.87. The summed E-state index contributed by atoms with van der Waals surface area (Å²) in [5.41, 5.74) is 2.30. The summed E-state index contributed by atoms with van der Waals surface area (Å²) < 4.78 is 23.8. The Morgan fingerprint density at radius 1 is 1.04 bits per heavy atom. The van der Waals surface area contributed by atoms with E-state index in [0.717, 1.165) is 11.1 Å². The monoisotopic (exact) mass is 487 g/mol. The summed E-state index contributed by atoms with van der Waals surface area (Å²) in [6.45, 7) is 3.80. The number of methoxy groups -OCH3 is 1. The topological polar surface area (TPSA) is 54.9 Å². The van der Waals surface area contributed by atoms with E-state index >= 15 is 0 Å². The maximum absolute atomic E-state index is 12.9. The van der Waals surface area contributed by atoms with Crippen molar-refractivity contribution in [1.82, 2.24) is 10.6 Å². The fourth-order valence-corrected chi connectivity index (χ4v) is 2.35. The van der Waals surface area contributed by atoms with E-state index in [2.05, 4.69) is 39.9 Å². The second kappa shape index (κ2) is 12.5. The molecule has 0 aliphatic heterocycles. The molecule has 2 aromatic rings. The van der Waals surface area contributed by atoms with Crippen molar-refractivity contribution in [1.29, 1.82) is 0 Å². The van der Waals surface area contributed by atoms with Gasteiger partial charge in [-0.3, -0.25) is 4.99 Å². The lowest BCUT2D eigenvalue weighted by atomic mass is 10.1. The van der Waals surface area contributed by atoms with Crippen molar-refractivity contribution in [3.63, 3.8) is 0 Å². The fraction of sp³-hybridized carbons (Fsp3) is 0.350. The molecule has 0 radical (unpaired) electrons. The molecule has 0 bridgehead atoms. The van der Waals surface area contributed by atoms with Crippen LogP contribution in [0.15, 0.2) is 53.5 Å². The largest absolute Gasteiger partial charge is 0.489 e. The molecular formula is C20H27FIN3O2. The van der Waals surface area contributed by atoms with Gasteiger partial charge >= 0.3 is 0 Å². The van der Waals surface area contributed by atoms with E-state index in [1.165, 1.54) is 12.1 Å². The van der Waals surface area contributed by atoms with Crippen LogP contribution < -0.4 is 15.4 Å². The average molecular weight is 487 g/mol. The highest BCUT2D eigenvalue weighted by Crippen LogP contribution is 2.12. The van der Waals surface area contributed by atoms with E-state index in [-0.39, 0.29) is 35.9 Å². The van der Waals surface area contributed by atoms with Gasteiger partial charge in [-0.2, -0.15) is 0 Å². The fourth-order valence-electron chi connectivity index (χ4n) is 2.35. The SMILES string of the molecule is CN=C(NCc1ccc(COC)cc1)NCC(C)Oc1ccc(F)cc1.I. The van der Waals surface area contributed by atoms with E-state index in [4.69, 9.17) is 9.47 Å². The molecule has 1 unspecified atom stereocenters. The van der Waals surface area contributed by atoms with Crippen molar-refractivity contribution in [2.45, 2.75) is 26.2 Å². The predicted octanol–water partition coefficient (Wildman–Crippen LogP) is 3.72. The van der Waals surface area contributed by atoms with Gasteiger partial charge in [-0.25, -0.2) is 4.39 Å². The molecule has 5 nitrogen and oxygen atoms in total. The van der Waals surface area contributed by atoms with Crippen LogP contribution in [0.5, 0.6) is 5.75 Å². The van der Waals surface area contributed by atoms with E-state index in [9.17, 15) is 4.39 Å². The molecular weight excluding hydrogens is 460 g/mol. The summed E-state index contributed by atoms with van der Waals surface area (Å²) in [7, 11) is 3.41. The summed E-state index contributed by atoms with van der Waals surface area (Å²) in [4.78, 5) is 4.21.